The summed E-state index contributed by atoms with van der Waals surface area (Å²) in [6.07, 6.45) is -6.54. The van der Waals surface area contributed by atoms with E-state index in [1.165, 1.54) is 4.57 Å². The van der Waals surface area contributed by atoms with Crippen LogP contribution < -0.4 is 0 Å². The molecule has 0 bridgehead atoms. The summed E-state index contributed by atoms with van der Waals surface area (Å²) in [5, 5.41) is 24.7. The Kier molecular flexibility index (Phi) is 6.21. The molecule has 1 aliphatic rings. The van der Waals surface area contributed by atoms with E-state index in [-0.39, 0.29) is 49.0 Å². The molecule has 194 valence electrons. The number of hydrogen-bond donors (Lipinski definition) is 1. The maximum Gasteiger partial charge on any atom is 0.451 e. The monoisotopic (exact) mass is 517 g/mol. The second kappa shape index (κ2) is 8.78. The maximum atomic E-state index is 14.5. The molecule has 1 aliphatic heterocycles. The zero-order valence-corrected chi connectivity index (χ0v) is 19.3. The Morgan fingerprint density at radius 3 is 2.14 bits per heavy atom. The maximum absolute atomic E-state index is 14.5. The van der Waals surface area contributed by atoms with Crippen molar-refractivity contribution in [3.63, 3.8) is 0 Å². The molecule has 0 saturated carbocycles. The molecular weight excluding hydrogens is 496 g/mol. The molecule has 0 aliphatic carbocycles. The lowest BCUT2D eigenvalue weighted by Crippen LogP contribution is -2.53. The summed E-state index contributed by atoms with van der Waals surface area (Å²) in [5.74, 6) is -4.83. The largest absolute Gasteiger partial charge is 0.465 e. The molecule has 0 radical (unpaired) electrons. The van der Waals surface area contributed by atoms with Crippen molar-refractivity contribution in [2.75, 3.05) is 0 Å². The molecule has 0 spiro atoms. The lowest BCUT2D eigenvalue weighted by Gasteiger charge is -2.39. The Labute approximate surface area is 200 Å². The standard InChI is InChI=1S/C21H21F6N7O2/c1-20(2,3)34(19(35)36)11(6-10-7-13(23)14(24)9-12(10)22)8-15-28-29-16-17-30-31-18(21(25,26)27)33(17)5-4-32(15)16/h7,9,11H,4-6,8H2,1-3H3,(H,35,36)/t11-/m1/s1. The summed E-state index contributed by atoms with van der Waals surface area (Å²) < 4.78 is 83.8. The van der Waals surface area contributed by atoms with Crippen LogP contribution in [0.3, 0.4) is 0 Å². The van der Waals surface area contributed by atoms with Gasteiger partial charge in [0.2, 0.25) is 17.5 Å². The molecule has 3 heterocycles. The van der Waals surface area contributed by atoms with Crippen LogP contribution in [0.25, 0.3) is 11.6 Å². The van der Waals surface area contributed by atoms with Crippen molar-refractivity contribution in [3.05, 3.63) is 46.8 Å². The number of rotatable bonds is 5. The van der Waals surface area contributed by atoms with Gasteiger partial charge in [0.1, 0.15) is 11.6 Å². The van der Waals surface area contributed by atoms with Crippen LogP contribution in [0, 0.1) is 17.5 Å². The van der Waals surface area contributed by atoms with Gasteiger partial charge in [-0.2, -0.15) is 13.2 Å². The van der Waals surface area contributed by atoms with Crippen LogP contribution in [-0.4, -0.2) is 57.2 Å². The zero-order chi connectivity index (χ0) is 26.6. The molecule has 3 aromatic rings. The zero-order valence-electron chi connectivity index (χ0n) is 19.3. The molecule has 9 nitrogen and oxygen atoms in total. The van der Waals surface area contributed by atoms with E-state index in [2.05, 4.69) is 20.4 Å². The van der Waals surface area contributed by atoms with Gasteiger partial charge in [0.05, 0.1) is 0 Å². The van der Waals surface area contributed by atoms with Crippen LogP contribution in [0.2, 0.25) is 0 Å². The summed E-state index contributed by atoms with van der Waals surface area (Å²) in [6, 6.07) is 0.0371. The van der Waals surface area contributed by atoms with Crippen molar-refractivity contribution in [1.29, 1.82) is 0 Å². The molecule has 1 atom stereocenters. The fraction of sp³-hybridized carbons (Fsp3) is 0.476. The van der Waals surface area contributed by atoms with Crippen LogP contribution in [0.1, 0.15) is 38.0 Å². The third-order valence-corrected chi connectivity index (χ3v) is 5.84. The summed E-state index contributed by atoms with van der Waals surface area (Å²) in [7, 11) is 0. The molecule has 0 unspecified atom stereocenters. The van der Waals surface area contributed by atoms with E-state index in [0.717, 1.165) is 9.47 Å². The van der Waals surface area contributed by atoms with E-state index in [1.807, 2.05) is 0 Å². The highest BCUT2D eigenvalue weighted by Crippen LogP contribution is 2.33. The summed E-state index contributed by atoms with van der Waals surface area (Å²) >= 11 is 0. The Bertz CT molecular complexity index is 1310. The fourth-order valence-corrected chi connectivity index (χ4v) is 4.41. The number of amides is 1. The number of benzene rings is 1. The van der Waals surface area contributed by atoms with Gasteiger partial charge in [-0.1, -0.05) is 0 Å². The SMILES string of the molecule is CC(C)(C)N(C(=O)O)[C@H](Cc1cc(F)c(F)cc1F)Cc1nnc2n1CCn1c-2nnc1C(F)(F)F. The van der Waals surface area contributed by atoms with E-state index in [4.69, 9.17) is 0 Å². The van der Waals surface area contributed by atoms with Crippen molar-refractivity contribution in [2.24, 2.45) is 0 Å². The smallest absolute Gasteiger partial charge is 0.451 e. The van der Waals surface area contributed by atoms with Crippen molar-refractivity contribution >= 4 is 6.09 Å². The number of carboxylic acid groups (broad SMARTS) is 1. The minimum Gasteiger partial charge on any atom is -0.465 e. The van der Waals surface area contributed by atoms with E-state index in [0.29, 0.717) is 12.1 Å². The molecule has 1 aromatic carbocycles. The van der Waals surface area contributed by atoms with Crippen LogP contribution in [0.5, 0.6) is 0 Å². The van der Waals surface area contributed by atoms with Gasteiger partial charge in [-0.15, -0.1) is 20.4 Å². The fourth-order valence-electron chi connectivity index (χ4n) is 4.41. The van der Waals surface area contributed by atoms with Gasteiger partial charge in [0.15, 0.2) is 11.6 Å². The first kappa shape index (κ1) is 25.4. The highest BCUT2D eigenvalue weighted by Gasteiger charge is 2.41. The highest BCUT2D eigenvalue weighted by molar-refractivity contribution is 5.66. The van der Waals surface area contributed by atoms with Crippen molar-refractivity contribution in [1.82, 2.24) is 34.4 Å². The minimum absolute atomic E-state index is 0.00893. The van der Waals surface area contributed by atoms with Crippen LogP contribution >= 0.6 is 0 Å². The number of aromatic nitrogens is 6. The quantitative estimate of drug-likeness (QED) is 0.407. The number of halogens is 6. The average molecular weight is 517 g/mol. The van der Waals surface area contributed by atoms with Crippen molar-refractivity contribution in [2.45, 2.75) is 64.5 Å². The van der Waals surface area contributed by atoms with Crippen LogP contribution in [0.4, 0.5) is 31.1 Å². The van der Waals surface area contributed by atoms with Crippen molar-refractivity contribution in [3.8, 4) is 11.6 Å². The molecule has 0 fully saturated rings. The molecule has 1 amide bonds. The van der Waals surface area contributed by atoms with Gasteiger partial charge >= 0.3 is 12.3 Å². The third kappa shape index (κ3) is 4.60. The number of hydrogen-bond acceptors (Lipinski definition) is 5. The van der Waals surface area contributed by atoms with E-state index >= 15 is 0 Å². The van der Waals surface area contributed by atoms with Gasteiger partial charge in [0.25, 0.3) is 0 Å². The molecule has 1 N–H and O–H groups in total. The predicted molar refractivity (Wildman–Crippen MR) is 111 cm³/mol. The normalized spacial score (nSPS) is 14.4. The number of nitrogens with zero attached hydrogens (tertiary/aromatic N) is 7. The van der Waals surface area contributed by atoms with Gasteiger partial charge in [-0.05, 0) is 38.8 Å². The highest BCUT2D eigenvalue weighted by atomic mass is 19.4. The Morgan fingerprint density at radius 2 is 1.53 bits per heavy atom. The first-order valence-electron chi connectivity index (χ1n) is 10.8. The molecule has 2 aromatic heterocycles. The minimum atomic E-state index is -4.72. The number of alkyl halides is 3. The molecule has 0 saturated heterocycles. The Hall–Kier alpha value is -3.65. The third-order valence-electron chi connectivity index (χ3n) is 5.84. The van der Waals surface area contributed by atoms with E-state index in [9.17, 15) is 36.2 Å². The summed E-state index contributed by atoms with van der Waals surface area (Å²) in [4.78, 5) is 13.2. The van der Waals surface area contributed by atoms with Gasteiger partial charge < -0.3 is 9.67 Å². The molecule has 4 rings (SSSR count). The second-order valence-corrected chi connectivity index (χ2v) is 9.33. The topological polar surface area (TPSA) is 102 Å². The van der Waals surface area contributed by atoms with E-state index < -0.39 is 47.1 Å². The first-order chi connectivity index (χ1) is 16.7. The Morgan fingerprint density at radius 1 is 0.944 bits per heavy atom. The van der Waals surface area contributed by atoms with Crippen LogP contribution in [-0.2, 0) is 32.1 Å². The summed E-state index contributed by atoms with van der Waals surface area (Å²) in [5.41, 5.74) is -1.24. The van der Waals surface area contributed by atoms with Crippen LogP contribution in [0.15, 0.2) is 12.1 Å². The van der Waals surface area contributed by atoms with Gasteiger partial charge in [-0.25, -0.2) is 18.0 Å². The predicted octanol–water partition coefficient (Wildman–Crippen LogP) is 3.92. The number of carbonyl (C=O) groups is 1. The van der Waals surface area contributed by atoms with E-state index in [1.54, 1.807) is 20.8 Å². The van der Waals surface area contributed by atoms with Gasteiger partial charge in [-0.3, -0.25) is 9.47 Å². The average Bonchev–Trinajstić information content (AvgIpc) is 3.34. The number of fused-ring (bicyclic) bond motifs is 3. The lowest BCUT2D eigenvalue weighted by molar-refractivity contribution is -0.147. The lowest BCUT2D eigenvalue weighted by atomic mass is 9.95. The van der Waals surface area contributed by atoms with Crippen molar-refractivity contribution < 1.29 is 36.2 Å². The molecule has 36 heavy (non-hydrogen) atoms. The van der Waals surface area contributed by atoms with Gasteiger partial charge in [0, 0.05) is 37.2 Å². The molecule has 15 heteroatoms. The Balaban J connectivity index is 1.73. The molecular formula is C21H21F6N7O2. The first-order valence-corrected chi connectivity index (χ1v) is 10.8. The summed E-state index contributed by atoms with van der Waals surface area (Å²) in [6.45, 7) is 4.70. The second-order valence-electron chi connectivity index (χ2n) is 9.33.